The predicted octanol–water partition coefficient (Wildman–Crippen LogP) is 2.44. The van der Waals surface area contributed by atoms with Crippen LogP contribution in [0.15, 0.2) is 54.6 Å². The summed E-state index contributed by atoms with van der Waals surface area (Å²) in [7, 11) is 0. The van der Waals surface area contributed by atoms with E-state index in [2.05, 4.69) is 0 Å². The molecular formula is C14H10O4. The Bertz CT molecular complexity index is 549. The Morgan fingerprint density at radius 3 is 2.33 bits per heavy atom. The molecule has 0 spiro atoms. The molecule has 0 saturated carbocycles. The van der Waals surface area contributed by atoms with Crippen LogP contribution in [0.1, 0.15) is 10.4 Å². The molecular weight excluding hydrogens is 232 g/mol. The van der Waals surface area contributed by atoms with E-state index in [0.29, 0.717) is 5.75 Å². The van der Waals surface area contributed by atoms with E-state index in [4.69, 9.17) is 9.47 Å². The van der Waals surface area contributed by atoms with Gasteiger partial charge in [-0.05, 0) is 24.3 Å². The summed E-state index contributed by atoms with van der Waals surface area (Å²) in [6.45, 7) is 0.272. The van der Waals surface area contributed by atoms with Gasteiger partial charge < -0.3 is 9.47 Å². The number of esters is 1. The largest absolute Gasteiger partial charge is 0.428 e. The van der Waals surface area contributed by atoms with Crippen LogP contribution in [0.3, 0.4) is 0 Å². The lowest BCUT2D eigenvalue weighted by Gasteiger charge is -2.07. The molecule has 2 rings (SSSR count). The summed E-state index contributed by atoms with van der Waals surface area (Å²) in [5, 5.41) is 0. The molecule has 0 heterocycles. The van der Waals surface area contributed by atoms with Crippen LogP contribution in [-0.2, 0) is 4.79 Å². The number of rotatable bonds is 4. The van der Waals surface area contributed by atoms with E-state index >= 15 is 0 Å². The maximum Gasteiger partial charge on any atom is 0.347 e. The average Bonchev–Trinajstić information content (AvgIpc) is 2.41. The van der Waals surface area contributed by atoms with Gasteiger partial charge in [-0.3, -0.25) is 4.79 Å². The zero-order chi connectivity index (χ0) is 12.8. The third-order valence-electron chi connectivity index (χ3n) is 2.24. The first-order valence-electron chi connectivity index (χ1n) is 5.28. The van der Waals surface area contributed by atoms with Crippen LogP contribution in [0.5, 0.6) is 11.5 Å². The van der Waals surface area contributed by atoms with E-state index in [1.165, 1.54) is 12.1 Å². The Balaban J connectivity index is 2.21. The predicted molar refractivity (Wildman–Crippen MR) is 64.5 cm³/mol. The Morgan fingerprint density at radius 1 is 0.944 bits per heavy atom. The van der Waals surface area contributed by atoms with Crippen molar-refractivity contribution in [2.24, 2.45) is 0 Å². The molecule has 2 aromatic rings. The monoisotopic (exact) mass is 242 g/mol. The van der Waals surface area contributed by atoms with E-state index in [1.807, 2.05) is 6.07 Å². The summed E-state index contributed by atoms with van der Waals surface area (Å²) in [6.07, 6.45) is 0. The van der Waals surface area contributed by atoms with Crippen LogP contribution in [-0.4, -0.2) is 12.4 Å². The fourth-order valence-electron chi connectivity index (χ4n) is 1.44. The summed E-state index contributed by atoms with van der Waals surface area (Å²) in [5.74, 6) is 0.0375. The highest BCUT2D eigenvalue weighted by Crippen LogP contribution is 2.20. The third kappa shape index (κ3) is 2.74. The first-order valence-corrected chi connectivity index (χ1v) is 5.28. The number of benzene rings is 2. The molecule has 0 unspecified atom stereocenters. The summed E-state index contributed by atoms with van der Waals surface area (Å²) >= 11 is 0. The number of hydrogen-bond acceptors (Lipinski definition) is 4. The van der Waals surface area contributed by atoms with Crippen LogP contribution in [0.25, 0.3) is 0 Å². The molecule has 0 aliphatic carbocycles. The molecule has 0 fully saturated rings. The molecule has 0 N–H and O–H groups in total. The highest BCUT2D eigenvalue weighted by Gasteiger charge is 2.14. The van der Waals surface area contributed by atoms with Crippen LogP contribution in [0, 0.1) is 0 Å². The molecule has 2 aromatic carbocycles. The number of ether oxygens (including phenoxy) is 2. The number of carbonyl (C=O) groups is 2. The molecule has 4 nitrogen and oxygen atoms in total. The van der Waals surface area contributed by atoms with Crippen molar-refractivity contribution >= 4 is 12.4 Å². The zero-order valence-corrected chi connectivity index (χ0v) is 9.41. The standard InChI is InChI=1S/C14H10O4/c15-10-17-13-9-5-4-8-12(13)14(16)18-11-6-2-1-3-7-11/h1-10H. The molecule has 4 heteroatoms. The van der Waals surface area contributed by atoms with Crippen LogP contribution < -0.4 is 9.47 Å². The molecule has 0 aliphatic heterocycles. The quantitative estimate of drug-likeness (QED) is 0.469. The van der Waals surface area contributed by atoms with Gasteiger partial charge in [-0.15, -0.1) is 0 Å². The van der Waals surface area contributed by atoms with Crippen molar-refractivity contribution in [3.8, 4) is 11.5 Å². The summed E-state index contributed by atoms with van der Waals surface area (Å²) in [6, 6.07) is 15.1. The van der Waals surface area contributed by atoms with Gasteiger partial charge in [0, 0.05) is 0 Å². The Labute approximate surface area is 104 Å². The van der Waals surface area contributed by atoms with E-state index in [0.717, 1.165) is 0 Å². The minimum absolute atomic E-state index is 0.174. The van der Waals surface area contributed by atoms with Crippen molar-refractivity contribution in [2.75, 3.05) is 0 Å². The van der Waals surface area contributed by atoms with Crippen molar-refractivity contribution in [1.29, 1.82) is 0 Å². The lowest BCUT2D eigenvalue weighted by molar-refractivity contribution is -0.120. The van der Waals surface area contributed by atoms with Crippen molar-refractivity contribution in [1.82, 2.24) is 0 Å². The Hall–Kier alpha value is -2.62. The van der Waals surface area contributed by atoms with Crippen LogP contribution in [0.4, 0.5) is 0 Å². The lowest BCUT2D eigenvalue weighted by atomic mass is 10.2. The van der Waals surface area contributed by atoms with Gasteiger partial charge in [0.05, 0.1) is 0 Å². The maximum absolute atomic E-state index is 11.9. The number of hydrogen-bond donors (Lipinski definition) is 0. The smallest absolute Gasteiger partial charge is 0.347 e. The van der Waals surface area contributed by atoms with Crippen LogP contribution in [0.2, 0.25) is 0 Å². The third-order valence-corrected chi connectivity index (χ3v) is 2.24. The normalized spacial score (nSPS) is 9.56. The maximum atomic E-state index is 11.9. The molecule has 90 valence electrons. The summed E-state index contributed by atoms with van der Waals surface area (Å²) in [4.78, 5) is 22.2. The fourth-order valence-corrected chi connectivity index (χ4v) is 1.44. The number of carbonyl (C=O) groups excluding carboxylic acids is 2. The van der Waals surface area contributed by atoms with Gasteiger partial charge in [-0.25, -0.2) is 4.79 Å². The van der Waals surface area contributed by atoms with E-state index < -0.39 is 5.97 Å². The van der Waals surface area contributed by atoms with Gasteiger partial charge in [-0.2, -0.15) is 0 Å². The second-order valence-electron chi connectivity index (χ2n) is 3.41. The highest BCUT2D eigenvalue weighted by atomic mass is 16.5. The molecule has 0 aromatic heterocycles. The fraction of sp³-hybridized carbons (Fsp3) is 0. The van der Waals surface area contributed by atoms with Gasteiger partial charge in [0.2, 0.25) is 0 Å². The molecule has 0 radical (unpaired) electrons. The van der Waals surface area contributed by atoms with E-state index in [1.54, 1.807) is 36.4 Å². The average molecular weight is 242 g/mol. The number of para-hydroxylation sites is 2. The second-order valence-corrected chi connectivity index (χ2v) is 3.41. The first kappa shape index (κ1) is 11.9. The Morgan fingerprint density at radius 2 is 1.61 bits per heavy atom. The second kappa shape index (κ2) is 5.63. The minimum Gasteiger partial charge on any atom is -0.428 e. The van der Waals surface area contributed by atoms with Crippen molar-refractivity contribution in [3.05, 3.63) is 60.2 Å². The van der Waals surface area contributed by atoms with Crippen LogP contribution >= 0.6 is 0 Å². The summed E-state index contributed by atoms with van der Waals surface area (Å²) in [5.41, 5.74) is 0.202. The van der Waals surface area contributed by atoms with Gasteiger partial charge in [0.25, 0.3) is 6.47 Å². The molecule has 0 amide bonds. The zero-order valence-electron chi connectivity index (χ0n) is 9.41. The van der Waals surface area contributed by atoms with E-state index in [-0.39, 0.29) is 17.8 Å². The lowest BCUT2D eigenvalue weighted by Crippen LogP contribution is -2.10. The van der Waals surface area contributed by atoms with Gasteiger partial charge in [0.1, 0.15) is 17.1 Å². The summed E-state index contributed by atoms with van der Waals surface area (Å²) < 4.78 is 9.87. The highest BCUT2D eigenvalue weighted by molar-refractivity contribution is 5.94. The van der Waals surface area contributed by atoms with Crippen molar-refractivity contribution in [3.63, 3.8) is 0 Å². The molecule has 0 aliphatic rings. The van der Waals surface area contributed by atoms with E-state index in [9.17, 15) is 9.59 Å². The van der Waals surface area contributed by atoms with Crippen molar-refractivity contribution < 1.29 is 19.1 Å². The topological polar surface area (TPSA) is 52.6 Å². The first-order chi connectivity index (χ1) is 8.81. The van der Waals surface area contributed by atoms with Gasteiger partial charge >= 0.3 is 5.97 Å². The molecule has 0 bridgehead atoms. The SMILES string of the molecule is O=COc1ccccc1C(=O)Oc1ccccc1. The van der Waals surface area contributed by atoms with Gasteiger partial charge in [0.15, 0.2) is 0 Å². The molecule has 0 saturated heterocycles. The molecule has 0 atom stereocenters. The van der Waals surface area contributed by atoms with Crippen molar-refractivity contribution in [2.45, 2.75) is 0 Å². The van der Waals surface area contributed by atoms with Gasteiger partial charge in [-0.1, -0.05) is 30.3 Å². The Kier molecular flexibility index (Phi) is 3.71. The molecule has 18 heavy (non-hydrogen) atoms. The minimum atomic E-state index is -0.571.